The Balaban J connectivity index is 1.39. The van der Waals surface area contributed by atoms with Gasteiger partial charge in [-0.15, -0.1) is 0 Å². The predicted molar refractivity (Wildman–Crippen MR) is 95.6 cm³/mol. The van der Waals surface area contributed by atoms with Crippen LogP contribution in [0.2, 0.25) is 0 Å². The Morgan fingerprint density at radius 2 is 2.08 bits per heavy atom. The third kappa shape index (κ3) is 3.27. The first-order valence-electron chi connectivity index (χ1n) is 9.44. The standard InChI is InChI=1S/C20H28N2O3/c1-22(2)19(23)18-9-8-14(24-18)13-21-16-12-20(10-5-11-20)25-17-7-4-3-6-15(16)17/h3-4,6-7,14,16,18,21H,5,8-13H2,1-2H3/t14-,16+,18+/m1/s1. The minimum absolute atomic E-state index is 0.0337. The van der Waals surface area contributed by atoms with E-state index in [2.05, 4.69) is 23.5 Å². The van der Waals surface area contributed by atoms with E-state index in [-0.39, 0.29) is 23.7 Å². The lowest BCUT2D eigenvalue weighted by Gasteiger charge is -2.48. The van der Waals surface area contributed by atoms with Crippen LogP contribution in [-0.2, 0) is 9.53 Å². The number of carbonyl (C=O) groups excluding carboxylic acids is 1. The monoisotopic (exact) mass is 344 g/mol. The Kier molecular flexibility index (Phi) is 4.46. The average molecular weight is 344 g/mol. The van der Waals surface area contributed by atoms with E-state index in [0.29, 0.717) is 6.04 Å². The van der Waals surface area contributed by atoms with Gasteiger partial charge in [0.1, 0.15) is 17.5 Å². The number of para-hydroxylation sites is 1. The van der Waals surface area contributed by atoms with E-state index in [9.17, 15) is 4.79 Å². The number of benzene rings is 1. The summed E-state index contributed by atoms with van der Waals surface area (Å²) in [4.78, 5) is 13.7. The molecule has 2 heterocycles. The highest BCUT2D eigenvalue weighted by Gasteiger charge is 2.45. The van der Waals surface area contributed by atoms with E-state index in [1.807, 2.05) is 6.07 Å². The molecule has 1 spiro atoms. The minimum Gasteiger partial charge on any atom is -0.487 e. The van der Waals surface area contributed by atoms with Crippen LogP contribution in [0.15, 0.2) is 24.3 Å². The van der Waals surface area contributed by atoms with E-state index >= 15 is 0 Å². The number of likely N-dealkylation sites (N-methyl/N-ethyl adjacent to an activating group) is 1. The Morgan fingerprint density at radius 3 is 2.80 bits per heavy atom. The fourth-order valence-electron chi connectivity index (χ4n) is 4.28. The number of amides is 1. The molecular weight excluding hydrogens is 316 g/mol. The molecule has 1 N–H and O–H groups in total. The molecule has 1 aromatic rings. The third-order valence-electron chi connectivity index (χ3n) is 5.88. The molecule has 2 fully saturated rings. The Hall–Kier alpha value is -1.59. The number of rotatable bonds is 4. The fourth-order valence-corrected chi connectivity index (χ4v) is 4.28. The van der Waals surface area contributed by atoms with Crippen LogP contribution in [0.1, 0.15) is 50.1 Å². The van der Waals surface area contributed by atoms with Crippen molar-refractivity contribution in [2.45, 2.75) is 62.4 Å². The van der Waals surface area contributed by atoms with E-state index in [1.54, 1.807) is 19.0 Å². The number of carbonyl (C=O) groups is 1. The summed E-state index contributed by atoms with van der Waals surface area (Å²) in [6, 6.07) is 8.67. The lowest BCUT2D eigenvalue weighted by molar-refractivity contribution is -0.140. The molecule has 1 aromatic carbocycles. The van der Waals surface area contributed by atoms with Crippen LogP contribution < -0.4 is 10.1 Å². The zero-order valence-corrected chi connectivity index (χ0v) is 15.2. The molecule has 0 aromatic heterocycles. The summed E-state index contributed by atoms with van der Waals surface area (Å²) in [7, 11) is 3.57. The smallest absolute Gasteiger partial charge is 0.251 e. The van der Waals surface area contributed by atoms with Gasteiger partial charge in [0, 0.05) is 38.7 Å². The first-order chi connectivity index (χ1) is 12.1. The molecule has 1 saturated heterocycles. The second-order valence-corrected chi connectivity index (χ2v) is 7.90. The molecule has 0 unspecified atom stereocenters. The number of ether oxygens (including phenoxy) is 2. The minimum atomic E-state index is -0.276. The molecular formula is C20H28N2O3. The molecule has 5 heteroatoms. The first-order valence-corrected chi connectivity index (χ1v) is 9.44. The quantitative estimate of drug-likeness (QED) is 0.912. The van der Waals surface area contributed by atoms with Crippen LogP contribution in [-0.4, -0.2) is 49.3 Å². The van der Waals surface area contributed by atoms with Crippen LogP contribution >= 0.6 is 0 Å². The van der Waals surface area contributed by atoms with Gasteiger partial charge >= 0.3 is 0 Å². The molecule has 0 bridgehead atoms. The van der Waals surface area contributed by atoms with Crippen LogP contribution in [0.4, 0.5) is 0 Å². The van der Waals surface area contributed by atoms with Crippen LogP contribution in [0.25, 0.3) is 0 Å². The zero-order chi connectivity index (χ0) is 17.4. The van der Waals surface area contributed by atoms with Crippen molar-refractivity contribution < 1.29 is 14.3 Å². The average Bonchev–Trinajstić information content (AvgIpc) is 3.06. The summed E-state index contributed by atoms with van der Waals surface area (Å²) in [5.41, 5.74) is 1.28. The second-order valence-electron chi connectivity index (χ2n) is 7.90. The number of hydrogen-bond donors (Lipinski definition) is 1. The number of hydrogen-bond acceptors (Lipinski definition) is 4. The maximum atomic E-state index is 12.1. The lowest BCUT2D eigenvalue weighted by Crippen LogP contribution is -2.49. The summed E-state index contributed by atoms with van der Waals surface area (Å²) in [5, 5.41) is 3.70. The van der Waals surface area contributed by atoms with Gasteiger partial charge in [0.25, 0.3) is 5.91 Å². The molecule has 25 heavy (non-hydrogen) atoms. The highest BCUT2D eigenvalue weighted by molar-refractivity contribution is 5.80. The molecule has 1 saturated carbocycles. The summed E-state index contributed by atoms with van der Waals surface area (Å²) < 4.78 is 12.3. The van der Waals surface area contributed by atoms with Crippen LogP contribution in [0.5, 0.6) is 5.75 Å². The molecule has 3 atom stereocenters. The zero-order valence-electron chi connectivity index (χ0n) is 15.2. The molecule has 136 valence electrons. The number of fused-ring (bicyclic) bond motifs is 1. The van der Waals surface area contributed by atoms with Gasteiger partial charge in [-0.25, -0.2) is 0 Å². The van der Waals surface area contributed by atoms with Gasteiger partial charge in [0.15, 0.2) is 0 Å². The van der Waals surface area contributed by atoms with Crippen LogP contribution in [0, 0.1) is 0 Å². The van der Waals surface area contributed by atoms with Gasteiger partial charge < -0.3 is 19.7 Å². The summed E-state index contributed by atoms with van der Waals surface area (Å²) >= 11 is 0. The van der Waals surface area contributed by atoms with Crippen LogP contribution in [0.3, 0.4) is 0 Å². The molecule has 1 aliphatic carbocycles. The van der Waals surface area contributed by atoms with Crippen molar-refractivity contribution in [2.24, 2.45) is 0 Å². The summed E-state index contributed by atoms with van der Waals surface area (Å²) in [5.74, 6) is 1.10. The number of nitrogens with one attached hydrogen (secondary N) is 1. The molecule has 0 radical (unpaired) electrons. The second kappa shape index (κ2) is 6.61. The molecule has 1 amide bonds. The van der Waals surface area contributed by atoms with E-state index in [4.69, 9.17) is 9.47 Å². The van der Waals surface area contributed by atoms with Gasteiger partial charge in [0.2, 0.25) is 0 Å². The molecule has 2 aliphatic heterocycles. The summed E-state index contributed by atoms with van der Waals surface area (Å²) in [6.07, 6.45) is 6.18. The maximum absolute atomic E-state index is 12.1. The van der Waals surface area contributed by atoms with Gasteiger partial charge in [-0.05, 0) is 38.2 Å². The number of nitrogens with zero attached hydrogens (tertiary/aromatic N) is 1. The molecule has 4 rings (SSSR count). The van der Waals surface area contributed by atoms with Gasteiger partial charge in [0.05, 0.1) is 6.10 Å². The normalized spacial score (nSPS) is 29.6. The Bertz CT molecular complexity index is 642. The largest absolute Gasteiger partial charge is 0.487 e. The van der Waals surface area contributed by atoms with Crippen molar-refractivity contribution in [2.75, 3.05) is 20.6 Å². The summed E-state index contributed by atoms with van der Waals surface area (Å²) in [6.45, 7) is 0.784. The van der Waals surface area contributed by atoms with Crippen molar-refractivity contribution in [3.05, 3.63) is 29.8 Å². The Labute approximate surface area is 149 Å². The Morgan fingerprint density at radius 1 is 1.28 bits per heavy atom. The lowest BCUT2D eigenvalue weighted by atomic mass is 9.73. The van der Waals surface area contributed by atoms with Crippen molar-refractivity contribution >= 4 is 5.91 Å². The van der Waals surface area contributed by atoms with E-state index in [0.717, 1.165) is 44.4 Å². The van der Waals surface area contributed by atoms with Gasteiger partial charge in [-0.2, -0.15) is 0 Å². The van der Waals surface area contributed by atoms with Gasteiger partial charge in [-0.3, -0.25) is 4.79 Å². The van der Waals surface area contributed by atoms with Crippen molar-refractivity contribution in [1.82, 2.24) is 10.2 Å². The van der Waals surface area contributed by atoms with E-state index < -0.39 is 0 Å². The highest BCUT2D eigenvalue weighted by Crippen LogP contribution is 2.48. The van der Waals surface area contributed by atoms with E-state index in [1.165, 1.54) is 12.0 Å². The maximum Gasteiger partial charge on any atom is 0.251 e. The topological polar surface area (TPSA) is 50.8 Å². The van der Waals surface area contributed by atoms with Crippen molar-refractivity contribution in [3.63, 3.8) is 0 Å². The first kappa shape index (κ1) is 16.9. The molecule has 5 nitrogen and oxygen atoms in total. The predicted octanol–water partition coefficient (Wildman–Crippen LogP) is 2.66. The third-order valence-corrected chi connectivity index (χ3v) is 5.88. The molecule has 3 aliphatic rings. The van der Waals surface area contributed by atoms with Gasteiger partial charge in [-0.1, -0.05) is 18.2 Å². The van der Waals surface area contributed by atoms with Crippen molar-refractivity contribution in [3.8, 4) is 5.75 Å². The SMILES string of the molecule is CN(C)C(=O)[C@@H]1CC[C@H](CN[C@H]2CC3(CCC3)Oc3ccccc32)O1. The fraction of sp³-hybridized carbons (Fsp3) is 0.650. The van der Waals surface area contributed by atoms with Crippen molar-refractivity contribution in [1.29, 1.82) is 0 Å². The highest BCUT2D eigenvalue weighted by atomic mass is 16.5.